The molecule has 0 bridgehead atoms. The van der Waals surface area contributed by atoms with Crippen molar-refractivity contribution < 1.29 is 0 Å². The zero-order valence-electron chi connectivity index (χ0n) is 20.4. The first-order chi connectivity index (χ1) is 17.8. The molecule has 0 atom stereocenters. The van der Waals surface area contributed by atoms with Crippen molar-refractivity contribution in [2.75, 3.05) is 11.4 Å². The van der Waals surface area contributed by atoms with Gasteiger partial charge in [-0.1, -0.05) is 61.6 Å². The minimum atomic E-state index is 0.919. The van der Waals surface area contributed by atoms with Crippen LogP contribution in [-0.2, 0) is 0 Å². The van der Waals surface area contributed by atoms with Crippen LogP contribution in [0.25, 0.3) is 0 Å². The second kappa shape index (κ2) is 11.6. The quantitative estimate of drug-likeness (QED) is 0.217. The number of hydrogen-bond donors (Lipinski definition) is 0. The molecule has 1 aliphatic heterocycles. The molecule has 4 aromatic rings. The molecule has 0 unspecified atom stereocenters. The van der Waals surface area contributed by atoms with Gasteiger partial charge in [0.05, 0.1) is 11.4 Å². The van der Waals surface area contributed by atoms with Crippen LogP contribution in [0, 0.1) is 23.7 Å². The first kappa shape index (κ1) is 23.7. The Labute approximate surface area is 218 Å². The summed E-state index contributed by atoms with van der Waals surface area (Å²) in [6.07, 6.45) is 12.0. The first-order valence-electron chi connectivity index (χ1n) is 12.4. The number of rotatable bonds is 5. The van der Waals surface area contributed by atoms with Gasteiger partial charge < -0.3 is 4.90 Å². The zero-order chi connectivity index (χ0) is 24.6. The lowest BCUT2D eigenvalue weighted by molar-refractivity contribution is 0.665. The van der Waals surface area contributed by atoms with Crippen molar-refractivity contribution in [2.24, 2.45) is 0 Å². The smallest absolute Gasteiger partial charge is 0.0553 e. The van der Waals surface area contributed by atoms with E-state index < -0.39 is 0 Å². The number of hydrogen-bond acceptors (Lipinski definition) is 4. The molecule has 5 rings (SSSR count). The molecule has 0 fully saturated rings. The summed E-state index contributed by atoms with van der Waals surface area (Å²) in [6, 6.07) is 20.9. The fourth-order valence-electron chi connectivity index (χ4n) is 4.14. The molecule has 176 valence electrons. The van der Waals surface area contributed by atoms with E-state index >= 15 is 0 Å². The highest BCUT2D eigenvalue weighted by Gasteiger charge is 2.23. The first-order valence-corrected chi connectivity index (χ1v) is 13.2. The lowest BCUT2D eigenvalue weighted by Gasteiger charge is -2.33. The van der Waals surface area contributed by atoms with E-state index in [0.717, 1.165) is 28.8 Å². The van der Waals surface area contributed by atoms with Gasteiger partial charge in [-0.2, -0.15) is 0 Å². The van der Waals surface area contributed by atoms with Crippen LogP contribution >= 0.6 is 11.8 Å². The highest BCUT2D eigenvalue weighted by atomic mass is 32.2. The monoisotopic (exact) mass is 485 g/mol. The second-order valence-electron chi connectivity index (χ2n) is 8.66. The lowest BCUT2D eigenvalue weighted by Crippen LogP contribution is -2.22. The number of benzene rings is 2. The van der Waals surface area contributed by atoms with Crippen LogP contribution in [0.5, 0.6) is 0 Å². The van der Waals surface area contributed by atoms with E-state index in [4.69, 9.17) is 0 Å². The maximum atomic E-state index is 4.16. The molecule has 36 heavy (non-hydrogen) atoms. The van der Waals surface area contributed by atoms with E-state index in [0.29, 0.717) is 0 Å². The predicted molar refractivity (Wildman–Crippen MR) is 149 cm³/mol. The van der Waals surface area contributed by atoms with Gasteiger partial charge >= 0.3 is 0 Å². The van der Waals surface area contributed by atoms with E-state index in [9.17, 15) is 0 Å². The fraction of sp³-hybridized carbons (Fsp3) is 0.188. The zero-order valence-corrected chi connectivity index (χ0v) is 21.2. The molecule has 0 aliphatic carbocycles. The Morgan fingerprint density at radius 3 is 1.72 bits per heavy atom. The third-order valence-electron chi connectivity index (χ3n) is 5.98. The summed E-state index contributed by atoms with van der Waals surface area (Å²) in [5.41, 5.74) is 6.36. The molecule has 3 nitrogen and oxygen atoms in total. The molecule has 0 saturated heterocycles. The van der Waals surface area contributed by atoms with Crippen molar-refractivity contribution >= 4 is 23.1 Å². The highest BCUT2D eigenvalue weighted by molar-refractivity contribution is 7.99. The molecule has 4 heteroatoms. The molecule has 0 amide bonds. The molecular weight excluding hydrogens is 458 g/mol. The number of aromatic nitrogens is 2. The fourth-order valence-corrected chi connectivity index (χ4v) is 5.32. The van der Waals surface area contributed by atoms with Crippen molar-refractivity contribution in [3.8, 4) is 23.7 Å². The second-order valence-corrected chi connectivity index (χ2v) is 9.75. The van der Waals surface area contributed by atoms with Gasteiger partial charge in [0, 0.05) is 63.4 Å². The van der Waals surface area contributed by atoms with Crippen LogP contribution in [0.2, 0.25) is 0 Å². The number of nitrogens with zero attached hydrogens (tertiary/aromatic N) is 3. The average Bonchev–Trinajstić information content (AvgIpc) is 2.93. The van der Waals surface area contributed by atoms with E-state index in [1.54, 1.807) is 36.5 Å². The standard InChI is InChI=1S/C32H27N3S/c1-2-3-4-5-20-35-29-16-14-25(10-12-27-8-6-18-33-23-27)21-31(29)36-32-22-26(15-17-30(32)35)11-13-28-9-7-19-34-24-28/h6-9,14-19,21-24H,2-5,20H2,1H3. The minimum absolute atomic E-state index is 0.919. The molecule has 0 N–H and O–H groups in total. The molecule has 0 radical (unpaired) electrons. The summed E-state index contributed by atoms with van der Waals surface area (Å²) in [4.78, 5) is 13.2. The van der Waals surface area contributed by atoms with Crippen molar-refractivity contribution in [3.63, 3.8) is 0 Å². The van der Waals surface area contributed by atoms with Crippen LogP contribution in [-0.4, -0.2) is 16.5 Å². The van der Waals surface area contributed by atoms with Gasteiger partial charge in [-0.3, -0.25) is 9.97 Å². The summed E-state index contributed by atoms with van der Waals surface area (Å²) in [5, 5.41) is 0. The largest absolute Gasteiger partial charge is 0.340 e. The Balaban J connectivity index is 1.46. The summed E-state index contributed by atoms with van der Waals surface area (Å²) >= 11 is 1.80. The Bertz CT molecular complexity index is 1350. The third kappa shape index (κ3) is 5.80. The molecule has 3 heterocycles. The summed E-state index contributed by atoms with van der Waals surface area (Å²) in [5.74, 6) is 13.1. The van der Waals surface area contributed by atoms with Crippen LogP contribution in [0.1, 0.15) is 54.9 Å². The topological polar surface area (TPSA) is 29.0 Å². The van der Waals surface area contributed by atoms with E-state index in [-0.39, 0.29) is 0 Å². The van der Waals surface area contributed by atoms with Gasteiger partial charge in [0.15, 0.2) is 0 Å². The minimum Gasteiger partial charge on any atom is -0.340 e. The van der Waals surface area contributed by atoms with E-state index in [1.807, 2.05) is 24.3 Å². The van der Waals surface area contributed by atoms with Crippen molar-refractivity contribution in [1.82, 2.24) is 9.97 Å². The highest BCUT2D eigenvalue weighted by Crippen LogP contribution is 2.48. The molecule has 0 saturated carbocycles. The Morgan fingerprint density at radius 2 is 1.22 bits per heavy atom. The third-order valence-corrected chi connectivity index (χ3v) is 7.08. The van der Waals surface area contributed by atoms with Gasteiger partial charge in [0.1, 0.15) is 0 Å². The summed E-state index contributed by atoms with van der Waals surface area (Å²) in [7, 11) is 0. The maximum Gasteiger partial charge on any atom is 0.0553 e. The average molecular weight is 486 g/mol. The van der Waals surface area contributed by atoms with Crippen LogP contribution in [0.15, 0.2) is 95.2 Å². The van der Waals surface area contributed by atoms with Crippen LogP contribution < -0.4 is 4.90 Å². The van der Waals surface area contributed by atoms with Gasteiger partial charge in [0.2, 0.25) is 0 Å². The number of fused-ring (bicyclic) bond motifs is 2. The maximum absolute atomic E-state index is 4.16. The summed E-state index contributed by atoms with van der Waals surface area (Å²) in [6.45, 7) is 3.26. The van der Waals surface area contributed by atoms with Gasteiger partial charge in [0.25, 0.3) is 0 Å². The van der Waals surface area contributed by atoms with Gasteiger partial charge in [-0.05, 0) is 67.1 Å². The van der Waals surface area contributed by atoms with Gasteiger partial charge in [-0.15, -0.1) is 0 Å². The molecular formula is C32H27N3S. The molecule has 1 aliphatic rings. The summed E-state index contributed by atoms with van der Waals surface area (Å²) < 4.78 is 0. The number of pyridine rings is 2. The van der Waals surface area contributed by atoms with Crippen LogP contribution in [0.3, 0.4) is 0 Å². The van der Waals surface area contributed by atoms with Gasteiger partial charge in [-0.25, -0.2) is 0 Å². The van der Waals surface area contributed by atoms with E-state index in [2.05, 4.69) is 81.9 Å². The SMILES string of the molecule is CCCCCCN1c2ccc(C#Cc3cccnc3)cc2Sc2cc(C#Cc3cccnc3)ccc21. The normalized spacial score (nSPS) is 11.4. The predicted octanol–water partition coefficient (Wildman–Crippen LogP) is 7.46. The van der Waals surface area contributed by atoms with Crippen molar-refractivity contribution in [2.45, 2.75) is 42.4 Å². The molecule has 0 spiro atoms. The Hall–Kier alpha value is -3.99. The number of anilines is 2. The Morgan fingerprint density at radius 1 is 0.667 bits per heavy atom. The molecule has 2 aromatic carbocycles. The van der Waals surface area contributed by atoms with Crippen molar-refractivity contribution in [1.29, 1.82) is 0 Å². The van der Waals surface area contributed by atoms with Crippen molar-refractivity contribution in [3.05, 3.63) is 108 Å². The van der Waals surface area contributed by atoms with E-state index in [1.165, 1.54) is 46.8 Å². The Kier molecular flexibility index (Phi) is 7.67. The number of unbranched alkanes of at least 4 members (excludes halogenated alkanes) is 3. The van der Waals surface area contributed by atoms with Crippen LogP contribution in [0.4, 0.5) is 11.4 Å². The lowest BCUT2D eigenvalue weighted by atomic mass is 10.1. The molecule has 2 aromatic heterocycles.